The Morgan fingerprint density at radius 3 is 2.85 bits per heavy atom. The average molecular weight is 275 g/mol. The van der Waals surface area contributed by atoms with Gasteiger partial charge in [-0.05, 0) is 50.4 Å². The molecule has 20 heavy (non-hydrogen) atoms. The lowest BCUT2D eigenvalue weighted by Crippen LogP contribution is -2.19. The molecule has 0 unspecified atom stereocenters. The van der Waals surface area contributed by atoms with Crippen LogP contribution in [0.25, 0.3) is 0 Å². The number of aryl methyl sites for hydroxylation is 1. The van der Waals surface area contributed by atoms with Gasteiger partial charge in [-0.3, -0.25) is 0 Å². The van der Waals surface area contributed by atoms with E-state index in [4.69, 9.17) is 4.74 Å². The SMILES string of the molecule is COCCC1(CNc2ncnc3c2CCCCC3)CC1. The zero-order valence-corrected chi connectivity index (χ0v) is 12.5. The highest BCUT2D eigenvalue weighted by Crippen LogP contribution is 2.48. The van der Waals surface area contributed by atoms with Gasteiger partial charge in [-0.15, -0.1) is 0 Å². The van der Waals surface area contributed by atoms with Crippen molar-refractivity contribution in [3.63, 3.8) is 0 Å². The monoisotopic (exact) mass is 275 g/mol. The molecule has 0 bridgehead atoms. The Kier molecular flexibility index (Phi) is 4.20. The zero-order chi connectivity index (χ0) is 13.8. The molecule has 4 nitrogen and oxygen atoms in total. The van der Waals surface area contributed by atoms with Crippen molar-refractivity contribution in [3.8, 4) is 0 Å². The number of nitrogens with one attached hydrogen (secondary N) is 1. The third kappa shape index (κ3) is 3.11. The van der Waals surface area contributed by atoms with E-state index >= 15 is 0 Å². The van der Waals surface area contributed by atoms with Gasteiger partial charge in [-0.1, -0.05) is 6.42 Å². The first-order chi connectivity index (χ1) is 9.83. The molecule has 1 N–H and O–H groups in total. The maximum atomic E-state index is 5.22. The quantitative estimate of drug-likeness (QED) is 0.811. The van der Waals surface area contributed by atoms with Gasteiger partial charge in [0.2, 0.25) is 0 Å². The smallest absolute Gasteiger partial charge is 0.132 e. The second-order valence-corrected chi connectivity index (χ2v) is 6.30. The molecule has 1 saturated carbocycles. The number of hydrogen-bond donors (Lipinski definition) is 1. The second-order valence-electron chi connectivity index (χ2n) is 6.30. The summed E-state index contributed by atoms with van der Waals surface area (Å²) in [6.07, 6.45) is 11.6. The highest BCUT2D eigenvalue weighted by Gasteiger charge is 2.41. The van der Waals surface area contributed by atoms with Gasteiger partial charge in [-0.2, -0.15) is 0 Å². The van der Waals surface area contributed by atoms with Crippen LogP contribution in [-0.4, -0.2) is 30.2 Å². The van der Waals surface area contributed by atoms with Crippen LogP contribution in [0.15, 0.2) is 6.33 Å². The summed E-state index contributed by atoms with van der Waals surface area (Å²) in [6, 6.07) is 0. The molecule has 110 valence electrons. The van der Waals surface area contributed by atoms with Crippen LogP contribution in [-0.2, 0) is 17.6 Å². The number of anilines is 1. The van der Waals surface area contributed by atoms with E-state index < -0.39 is 0 Å². The first-order valence-corrected chi connectivity index (χ1v) is 7.89. The second kappa shape index (κ2) is 6.08. The molecule has 0 spiro atoms. The largest absolute Gasteiger partial charge is 0.385 e. The average Bonchev–Trinajstić information content (AvgIpc) is 3.27. The molecule has 0 aromatic carbocycles. The lowest BCUT2D eigenvalue weighted by atomic mass is 10.0. The normalized spacial score (nSPS) is 20.1. The Hall–Kier alpha value is -1.16. The minimum absolute atomic E-state index is 0.457. The lowest BCUT2D eigenvalue weighted by molar-refractivity contribution is 0.175. The first-order valence-electron chi connectivity index (χ1n) is 7.89. The van der Waals surface area contributed by atoms with Gasteiger partial charge in [0.1, 0.15) is 12.1 Å². The third-order valence-corrected chi connectivity index (χ3v) is 4.80. The molecule has 2 aliphatic rings. The molecule has 3 rings (SSSR count). The number of fused-ring (bicyclic) bond motifs is 1. The molecule has 0 aliphatic heterocycles. The Balaban J connectivity index is 1.66. The highest BCUT2D eigenvalue weighted by atomic mass is 16.5. The van der Waals surface area contributed by atoms with E-state index in [2.05, 4.69) is 15.3 Å². The number of rotatable bonds is 6. The molecule has 0 saturated heterocycles. The molecular weight excluding hydrogens is 250 g/mol. The Morgan fingerprint density at radius 2 is 2.05 bits per heavy atom. The van der Waals surface area contributed by atoms with Crippen molar-refractivity contribution in [3.05, 3.63) is 17.6 Å². The number of aromatic nitrogens is 2. The summed E-state index contributed by atoms with van der Waals surface area (Å²) in [5.41, 5.74) is 3.09. The van der Waals surface area contributed by atoms with Gasteiger partial charge in [0, 0.05) is 31.5 Å². The van der Waals surface area contributed by atoms with Crippen molar-refractivity contribution < 1.29 is 4.74 Å². The Labute approximate surface area is 121 Å². The van der Waals surface area contributed by atoms with Crippen LogP contribution in [0, 0.1) is 5.41 Å². The standard InChI is InChI=1S/C16H25N3O/c1-20-10-9-16(7-8-16)11-17-15-13-5-3-2-4-6-14(13)18-12-19-15/h12H,2-11H2,1H3,(H,17,18,19). The van der Waals surface area contributed by atoms with Crippen LogP contribution in [0.1, 0.15) is 49.8 Å². The van der Waals surface area contributed by atoms with E-state index in [1.165, 1.54) is 43.4 Å². The molecule has 1 aromatic heterocycles. The number of nitrogens with zero attached hydrogens (tertiary/aromatic N) is 2. The third-order valence-electron chi connectivity index (χ3n) is 4.80. The first kappa shape index (κ1) is 13.8. The summed E-state index contributed by atoms with van der Waals surface area (Å²) in [5.74, 6) is 1.08. The van der Waals surface area contributed by atoms with Gasteiger partial charge in [-0.25, -0.2) is 9.97 Å². The number of hydrogen-bond acceptors (Lipinski definition) is 4. The predicted molar refractivity (Wildman–Crippen MR) is 79.9 cm³/mol. The van der Waals surface area contributed by atoms with Crippen LogP contribution in [0.2, 0.25) is 0 Å². The molecule has 1 fully saturated rings. The van der Waals surface area contributed by atoms with E-state index in [9.17, 15) is 0 Å². The van der Waals surface area contributed by atoms with E-state index in [0.717, 1.165) is 38.2 Å². The van der Waals surface area contributed by atoms with Crippen molar-refractivity contribution in [2.45, 2.75) is 51.4 Å². The van der Waals surface area contributed by atoms with Crippen molar-refractivity contribution in [2.75, 3.05) is 25.6 Å². The lowest BCUT2D eigenvalue weighted by Gasteiger charge is -2.18. The van der Waals surface area contributed by atoms with Crippen molar-refractivity contribution in [1.82, 2.24) is 9.97 Å². The minimum Gasteiger partial charge on any atom is -0.385 e. The van der Waals surface area contributed by atoms with E-state index in [-0.39, 0.29) is 0 Å². The molecule has 0 radical (unpaired) electrons. The molecule has 2 aliphatic carbocycles. The van der Waals surface area contributed by atoms with Crippen LogP contribution in [0.3, 0.4) is 0 Å². The molecule has 0 atom stereocenters. The summed E-state index contributed by atoms with van der Waals surface area (Å²) < 4.78 is 5.22. The Morgan fingerprint density at radius 1 is 1.20 bits per heavy atom. The topological polar surface area (TPSA) is 47.0 Å². The van der Waals surface area contributed by atoms with Crippen LogP contribution in [0.4, 0.5) is 5.82 Å². The fourth-order valence-electron chi connectivity index (χ4n) is 3.13. The van der Waals surface area contributed by atoms with E-state index in [1.807, 2.05) is 0 Å². The maximum Gasteiger partial charge on any atom is 0.132 e. The fraction of sp³-hybridized carbons (Fsp3) is 0.750. The molecule has 1 heterocycles. The molecule has 0 amide bonds. The molecule has 4 heteroatoms. The zero-order valence-electron chi connectivity index (χ0n) is 12.5. The molecule has 1 aromatic rings. The van der Waals surface area contributed by atoms with Gasteiger partial charge in [0.15, 0.2) is 0 Å². The van der Waals surface area contributed by atoms with Crippen molar-refractivity contribution in [1.29, 1.82) is 0 Å². The summed E-state index contributed by atoms with van der Waals surface area (Å²) >= 11 is 0. The predicted octanol–water partition coefficient (Wildman–Crippen LogP) is 2.97. The summed E-state index contributed by atoms with van der Waals surface area (Å²) in [7, 11) is 1.79. The fourth-order valence-corrected chi connectivity index (χ4v) is 3.13. The van der Waals surface area contributed by atoms with Crippen molar-refractivity contribution in [2.24, 2.45) is 5.41 Å². The Bertz CT molecular complexity index is 457. The summed E-state index contributed by atoms with van der Waals surface area (Å²) in [6.45, 7) is 1.89. The van der Waals surface area contributed by atoms with Gasteiger partial charge < -0.3 is 10.1 Å². The summed E-state index contributed by atoms with van der Waals surface area (Å²) in [5, 5.41) is 3.61. The van der Waals surface area contributed by atoms with Crippen LogP contribution in [0.5, 0.6) is 0 Å². The van der Waals surface area contributed by atoms with E-state index in [1.54, 1.807) is 13.4 Å². The number of methoxy groups -OCH3 is 1. The summed E-state index contributed by atoms with van der Waals surface area (Å²) in [4.78, 5) is 8.97. The molecular formula is C16H25N3O. The minimum atomic E-state index is 0.457. The van der Waals surface area contributed by atoms with Crippen molar-refractivity contribution >= 4 is 5.82 Å². The van der Waals surface area contributed by atoms with E-state index in [0.29, 0.717) is 5.41 Å². The van der Waals surface area contributed by atoms with Crippen LogP contribution >= 0.6 is 0 Å². The van der Waals surface area contributed by atoms with Crippen LogP contribution < -0.4 is 5.32 Å². The van der Waals surface area contributed by atoms with Gasteiger partial charge in [0.25, 0.3) is 0 Å². The highest BCUT2D eigenvalue weighted by molar-refractivity contribution is 5.47. The van der Waals surface area contributed by atoms with Gasteiger partial charge >= 0.3 is 0 Å². The number of ether oxygens (including phenoxy) is 1. The maximum absolute atomic E-state index is 5.22. The van der Waals surface area contributed by atoms with Gasteiger partial charge in [0.05, 0.1) is 0 Å².